The average molecular weight is 395 g/mol. The molecule has 2 nitrogen and oxygen atoms in total. The predicted molar refractivity (Wildman–Crippen MR) is 116 cm³/mol. The summed E-state index contributed by atoms with van der Waals surface area (Å²) in [6.07, 6.45) is 6.49. The Morgan fingerprint density at radius 1 is 0.929 bits per heavy atom. The summed E-state index contributed by atoms with van der Waals surface area (Å²) in [5, 5.41) is 11.7. The van der Waals surface area contributed by atoms with Crippen molar-refractivity contribution < 1.29 is 9.90 Å². The molecule has 2 aromatic carbocycles. The van der Waals surface area contributed by atoms with Crippen molar-refractivity contribution in [3.63, 3.8) is 0 Å². The number of benzene rings is 2. The second-order valence-corrected chi connectivity index (χ2v) is 8.71. The van der Waals surface area contributed by atoms with Crippen molar-refractivity contribution in [2.24, 2.45) is 11.8 Å². The third-order valence-corrected chi connectivity index (χ3v) is 6.68. The van der Waals surface area contributed by atoms with Crippen molar-refractivity contribution >= 4 is 23.0 Å². The maximum Gasteiger partial charge on any atom is 0.167 e. The number of aryl methyl sites for hydroxylation is 1. The highest BCUT2D eigenvalue weighted by atomic mass is 35.5. The molecule has 146 valence electrons. The van der Waals surface area contributed by atoms with E-state index in [1.807, 2.05) is 24.3 Å². The largest absolute Gasteiger partial charge is 0.512 e. The number of ketones is 1. The first-order valence-corrected chi connectivity index (χ1v) is 10.8. The van der Waals surface area contributed by atoms with Crippen LogP contribution < -0.4 is 0 Å². The van der Waals surface area contributed by atoms with Crippen molar-refractivity contribution in [3.8, 4) is 11.1 Å². The summed E-state index contributed by atoms with van der Waals surface area (Å²) < 4.78 is 0. The van der Waals surface area contributed by atoms with E-state index in [2.05, 4.69) is 25.1 Å². The molecule has 3 aliphatic carbocycles. The Bertz CT molecular complexity index is 903. The molecule has 2 aromatic rings. The van der Waals surface area contributed by atoms with Crippen LogP contribution in [0.4, 0.5) is 0 Å². The number of fused-ring (bicyclic) bond motifs is 5. The summed E-state index contributed by atoms with van der Waals surface area (Å²) in [4.78, 5) is 13.2. The molecule has 1 N–H and O–H groups in total. The van der Waals surface area contributed by atoms with E-state index in [-0.39, 0.29) is 5.78 Å². The molecule has 0 saturated heterocycles. The van der Waals surface area contributed by atoms with Gasteiger partial charge in [0.2, 0.25) is 0 Å². The molecule has 0 spiro atoms. The van der Waals surface area contributed by atoms with E-state index >= 15 is 0 Å². The highest BCUT2D eigenvalue weighted by Gasteiger charge is 2.31. The topological polar surface area (TPSA) is 37.3 Å². The number of allylic oxidation sites excluding steroid dienone is 2. The summed E-state index contributed by atoms with van der Waals surface area (Å²) >= 11 is 6.04. The van der Waals surface area contributed by atoms with Gasteiger partial charge in [0, 0.05) is 17.9 Å². The van der Waals surface area contributed by atoms with Crippen molar-refractivity contribution in [1.29, 1.82) is 0 Å². The molecule has 0 aromatic heterocycles. The van der Waals surface area contributed by atoms with E-state index in [1.165, 1.54) is 0 Å². The number of carbonyl (C=O) groups excluding carboxylic acids is 1. The highest BCUT2D eigenvalue weighted by Crippen LogP contribution is 2.40. The van der Waals surface area contributed by atoms with E-state index in [0.717, 1.165) is 54.4 Å². The molecule has 0 aliphatic heterocycles. The smallest absolute Gasteiger partial charge is 0.167 e. The van der Waals surface area contributed by atoms with Crippen LogP contribution in [0.25, 0.3) is 16.7 Å². The lowest BCUT2D eigenvalue weighted by molar-refractivity contribution is -0.114. The Labute approximate surface area is 172 Å². The number of hydrogen-bond acceptors (Lipinski definition) is 2. The summed E-state index contributed by atoms with van der Waals surface area (Å²) in [7, 11) is 0. The Kier molecular flexibility index (Phi) is 5.59. The molecule has 3 heteroatoms. The second-order valence-electron chi connectivity index (χ2n) is 8.27. The zero-order valence-corrected chi connectivity index (χ0v) is 17.1. The van der Waals surface area contributed by atoms with Gasteiger partial charge >= 0.3 is 0 Å². The van der Waals surface area contributed by atoms with Crippen LogP contribution in [0.1, 0.15) is 56.6 Å². The third kappa shape index (κ3) is 3.89. The Morgan fingerprint density at radius 3 is 2.18 bits per heavy atom. The number of halogens is 1. The van der Waals surface area contributed by atoms with E-state index in [4.69, 9.17) is 11.6 Å². The van der Waals surface area contributed by atoms with Crippen LogP contribution in [-0.4, -0.2) is 10.9 Å². The molecule has 0 heterocycles. The molecule has 28 heavy (non-hydrogen) atoms. The first-order valence-electron chi connectivity index (χ1n) is 10.4. The number of carbonyl (C=O) groups is 1. The van der Waals surface area contributed by atoms with Gasteiger partial charge in [0.05, 0.1) is 5.57 Å². The lowest BCUT2D eigenvalue weighted by Crippen LogP contribution is -2.15. The van der Waals surface area contributed by atoms with Crippen LogP contribution in [0.2, 0.25) is 5.02 Å². The number of hydrogen-bond donors (Lipinski definition) is 1. The van der Waals surface area contributed by atoms with Crippen LogP contribution in [0.5, 0.6) is 0 Å². The SMILES string of the molecule is CCc1ccc(-c2ccc(Cl)cc2)cc1/C1=C(\O)CC2CCC(CC2)CC1=O. The van der Waals surface area contributed by atoms with Gasteiger partial charge in [-0.1, -0.05) is 42.8 Å². The summed E-state index contributed by atoms with van der Waals surface area (Å²) in [6.45, 7) is 2.10. The van der Waals surface area contributed by atoms with Gasteiger partial charge in [0.15, 0.2) is 5.78 Å². The highest BCUT2D eigenvalue weighted by molar-refractivity contribution is 6.30. The maximum atomic E-state index is 13.2. The molecule has 0 radical (unpaired) electrons. The van der Waals surface area contributed by atoms with Crippen LogP contribution >= 0.6 is 11.6 Å². The molecule has 0 unspecified atom stereocenters. The molecular formula is C25H27ClO2. The van der Waals surface area contributed by atoms with E-state index < -0.39 is 0 Å². The molecule has 0 amide bonds. The van der Waals surface area contributed by atoms with Gasteiger partial charge in [-0.15, -0.1) is 0 Å². The van der Waals surface area contributed by atoms with Gasteiger partial charge in [-0.2, -0.15) is 0 Å². The van der Waals surface area contributed by atoms with E-state index in [0.29, 0.717) is 41.0 Å². The lowest BCUT2D eigenvalue weighted by Gasteiger charge is -2.26. The summed E-state index contributed by atoms with van der Waals surface area (Å²) in [6, 6.07) is 14.0. The molecular weight excluding hydrogens is 368 g/mol. The monoisotopic (exact) mass is 394 g/mol. The van der Waals surface area contributed by atoms with Crippen LogP contribution in [0, 0.1) is 11.8 Å². The molecule has 5 rings (SSSR count). The average Bonchev–Trinajstić information content (AvgIpc) is 2.79. The van der Waals surface area contributed by atoms with E-state index in [9.17, 15) is 9.90 Å². The van der Waals surface area contributed by atoms with Crippen molar-refractivity contribution in [1.82, 2.24) is 0 Å². The van der Waals surface area contributed by atoms with Crippen molar-refractivity contribution in [2.75, 3.05) is 0 Å². The fourth-order valence-corrected chi connectivity index (χ4v) is 4.91. The first kappa shape index (κ1) is 19.3. The number of rotatable bonds is 3. The Balaban J connectivity index is 1.81. The van der Waals surface area contributed by atoms with Crippen molar-refractivity contribution in [3.05, 3.63) is 64.4 Å². The van der Waals surface area contributed by atoms with Crippen LogP contribution in [0.3, 0.4) is 0 Å². The quantitative estimate of drug-likeness (QED) is 0.607. The number of Topliss-reactive ketones (excluding diaryl/α,β-unsaturated/α-hetero) is 1. The molecule has 1 fully saturated rings. The van der Waals surface area contributed by atoms with Gasteiger partial charge < -0.3 is 5.11 Å². The van der Waals surface area contributed by atoms with Gasteiger partial charge in [-0.3, -0.25) is 4.79 Å². The second kappa shape index (κ2) is 8.13. The van der Waals surface area contributed by atoms with Gasteiger partial charge in [-0.05, 0) is 84.4 Å². The maximum absolute atomic E-state index is 13.2. The van der Waals surface area contributed by atoms with Crippen LogP contribution in [0.15, 0.2) is 48.2 Å². The minimum atomic E-state index is 0.105. The molecule has 2 bridgehead atoms. The summed E-state index contributed by atoms with van der Waals surface area (Å²) in [5.41, 5.74) is 4.67. The minimum Gasteiger partial charge on any atom is -0.512 e. The molecule has 3 aliphatic rings. The first-order chi connectivity index (χ1) is 13.5. The van der Waals surface area contributed by atoms with Gasteiger partial charge in [0.25, 0.3) is 0 Å². The normalized spacial score (nSPS) is 25.3. The Morgan fingerprint density at radius 2 is 1.54 bits per heavy atom. The van der Waals surface area contributed by atoms with Gasteiger partial charge in [0.1, 0.15) is 5.76 Å². The summed E-state index contributed by atoms with van der Waals surface area (Å²) in [5.74, 6) is 1.37. The lowest BCUT2D eigenvalue weighted by atomic mass is 9.79. The number of aliphatic hydroxyl groups excluding tert-OH is 1. The van der Waals surface area contributed by atoms with E-state index in [1.54, 1.807) is 0 Å². The van der Waals surface area contributed by atoms with Crippen LogP contribution in [-0.2, 0) is 11.2 Å². The Hall–Kier alpha value is -2.06. The molecule has 0 atom stereocenters. The zero-order chi connectivity index (χ0) is 19.7. The fraction of sp³-hybridized carbons (Fsp3) is 0.400. The van der Waals surface area contributed by atoms with Gasteiger partial charge in [-0.25, -0.2) is 0 Å². The molecule has 1 saturated carbocycles. The third-order valence-electron chi connectivity index (χ3n) is 6.43. The standard InChI is InChI=1S/C25H27ClO2/c1-2-18-7-8-20(19-9-11-21(26)12-10-19)15-22(18)25-23(27)13-16-3-4-17(6-5-16)14-24(25)28/h7-12,15-17,27H,2-6,13-14H2,1H3/b25-23+. The zero-order valence-electron chi connectivity index (χ0n) is 16.4. The fourth-order valence-electron chi connectivity index (χ4n) is 4.79. The predicted octanol–water partition coefficient (Wildman–Crippen LogP) is 7.01. The minimum absolute atomic E-state index is 0.105. The number of aliphatic hydroxyl groups is 1. The van der Waals surface area contributed by atoms with Crippen molar-refractivity contribution in [2.45, 2.75) is 51.9 Å².